The first kappa shape index (κ1) is 22.0. The number of benzene rings is 2. The van der Waals surface area contributed by atoms with Crippen molar-refractivity contribution in [3.63, 3.8) is 0 Å². The molecule has 1 aromatic heterocycles. The quantitative estimate of drug-likeness (QED) is 0.240. The number of aromatic nitrogens is 1. The molecule has 0 spiro atoms. The number of hydrogen-bond donors (Lipinski definition) is 2. The summed E-state index contributed by atoms with van der Waals surface area (Å²) in [6, 6.07) is 21.3. The molecule has 0 aliphatic rings. The molecule has 5 nitrogen and oxygen atoms in total. The van der Waals surface area contributed by atoms with Gasteiger partial charge < -0.3 is 15.2 Å². The first-order valence-electron chi connectivity index (χ1n) is 9.70. The van der Waals surface area contributed by atoms with Gasteiger partial charge in [0.2, 0.25) is 0 Å². The molecule has 0 saturated heterocycles. The van der Waals surface area contributed by atoms with Crippen molar-refractivity contribution >= 4 is 29.3 Å². The molecule has 3 aromatic rings. The van der Waals surface area contributed by atoms with E-state index >= 15 is 0 Å². The van der Waals surface area contributed by atoms with Crippen molar-refractivity contribution < 1.29 is 0 Å². The van der Waals surface area contributed by atoms with Crippen LogP contribution in [0.1, 0.15) is 11.1 Å². The molecule has 1 heterocycles. The van der Waals surface area contributed by atoms with Gasteiger partial charge in [-0.1, -0.05) is 41.9 Å². The number of thioether (sulfide) groups is 1. The van der Waals surface area contributed by atoms with Crippen molar-refractivity contribution in [1.29, 1.82) is 0 Å². The average molecular weight is 441 g/mol. The Hall–Kier alpha value is -2.70. The van der Waals surface area contributed by atoms with Gasteiger partial charge in [-0.25, -0.2) is 0 Å². The second-order valence-electron chi connectivity index (χ2n) is 6.64. The zero-order valence-corrected chi connectivity index (χ0v) is 18.4. The van der Waals surface area contributed by atoms with Crippen LogP contribution in [0, 0.1) is 0 Å². The molecule has 0 atom stereocenters. The smallest absolute Gasteiger partial charge is 0.250 e. The number of halogens is 1. The fraction of sp³-hybridized carbons (Fsp3) is 0.217. The van der Waals surface area contributed by atoms with E-state index in [0.29, 0.717) is 13.1 Å². The van der Waals surface area contributed by atoms with Gasteiger partial charge in [-0.05, 0) is 41.5 Å². The number of hydrogen-bond acceptors (Lipinski definition) is 3. The Bertz CT molecular complexity index is 1020. The highest BCUT2D eigenvalue weighted by Gasteiger charge is 2.01. The molecule has 0 radical (unpaired) electrons. The highest BCUT2D eigenvalue weighted by Crippen LogP contribution is 2.19. The summed E-state index contributed by atoms with van der Waals surface area (Å²) in [5, 5.41) is 7.41. The summed E-state index contributed by atoms with van der Waals surface area (Å²) >= 11 is 7.68. The lowest BCUT2D eigenvalue weighted by Crippen LogP contribution is -2.37. The normalized spacial score (nSPS) is 11.3. The molecule has 2 aromatic carbocycles. The molecule has 0 bridgehead atoms. The summed E-state index contributed by atoms with van der Waals surface area (Å²) in [5.41, 5.74) is 2.25. The molecular formula is C23H25ClN4OS. The molecule has 0 amide bonds. The van der Waals surface area contributed by atoms with Gasteiger partial charge in [0.25, 0.3) is 5.56 Å². The predicted molar refractivity (Wildman–Crippen MR) is 127 cm³/mol. The highest BCUT2D eigenvalue weighted by molar-refractivity contribution is 7.99. The van der Waals surface area contributed by atoms with Gasteiger partial charge in [0.15, 0.2) is 5.96 Å². The van der Waals surface area contributed by atoms with E-state index in [1.165, 1.54) is 4.90 Å². The minimum Gasteiger partial charge on any atom is -0.356 e. The average Bonchev–Trinajstić information content (AvgIpc) is 2.77. The molecule has 0 aliphatic carbocycles. The van der Waals surface area contributed by atoms with E-state index in [9.17, 15) is 4.79 Å². The Balaban J connectivity index is 1.41. The maximum Gasteiger partial charge on any atom is 0.250 e. The van der Waals surface area contributed by atoms with E-state index in [1.54, 1.807) is 41.7 Å². The largest absolute Gasteiger partial charge is 0.356 e. The predicted octanol–water partition coefficient (Wildman–Crippen LogP) is 4.01. The van der Waals surface area contributed by atoms with Crippen molar-refractivity contribution in [1.82, 2.24) is 15.2 Å². The van der Waals surface area contributed by atoms with E-state index < -0.39 is 0 Å². The van der Waals surface area contributed by atoms with E-state index in [4.69, 9.17) is 11.6 Å². The van der Waals surface area contributed by atoms with Crippen LogP contribution in [0.4, 0.5) is 0 Å². The van der Waals surface area contributed by atoms with E-state index in [-0.39, 0.29) is 5.56 Å². The summed E-state index contributed by atoms with van der Waals surface area (Å²) in [5.74, 6) is 1.70. The molecule has 2 N–H and O–H groups in total. The van der Waals surface area contributed by atoms with Crippen LogP contribution in [0.3, 0.4) is 0 Å². The van der Waals surface area contributed by atoms with Crippen molar-refractivity contribution in [3.8, 4) is 0 Å². The van der Waals surface area contributed by atoms with E-state index in [2.05, 4.69) is 39.9 Å². The molecule has 0 fully saturated rings. The minimum absolute atomic E-state index is 0.00680. The summed E-state index contributed by atoms with van der Waals surface area (Å²) < 4.78 is 1.70. The number of nitrogens with zero attached hydrogens (tertiary/aromatic N) is 2. The Morgan fingerprint density at radius 1 is 1.00 bits per heavy atom. The van der Waals surface area contributed by atoms with Crippen LogP contribution < -0.4 is 16.2 Å². The molecule has 7 heteroatoms. The monoisotopic (exact) mass is 440 g/mol. The number of rotatable bonds is 8. The second-order valence-corrected chi connectivity index (χ2v) is 8.24. The van der Waals surface area contributed by atoms with Crippen molar-refractivity contribution in [3.05, 3.63) is 99.4 Å². The Morgan fingerprint density at radius 3 is 2.43 bits per heavy atom. The lowest BCUT2D eigenvalue weighted by Gasteiger charge is -2.12. The van der Waals surface area contributed by atoms with Gasteiger partial charge in [0, 0.05) is 48.1 Å². The summed E-state index contributed by atoms with van der Waals surface area (Å²) in [7, 11) is 1.77. The number of pyridine rings is 1. The summed E-state index contributed by atoms with van der Waals surface area (Å²) in [6.07, 6.45) is 1.80. The van der Waals surface area contributed by atoms with Crippen LogP contribution in [0.2, 0.25) is 5.02 Å². The van der Waals surface area contributed by atoms with Crippen LogP contribution in [0.25, 0.3) is 0 Å². The Morgan fingerprint density at radius 2 is 1.73 bits per heavy atom. The first-order chi connectivity index (χ1) is 14.6. The van der Waals surface area contributed by atoms with Gasteiger partial charge in [-0.2, -0.15) is 0 Å². The molecule has 0 saturated carbocycles. The molecule has 3 rings (SSSR count). The minimum atomic E-state index is 0.00680. The second kappa shape index (κ2) is 11.5. The number of nitrogens with one attached hydrogen (secondary N) is 2. The van der Waals surface area contributed by atoms with Gasteiger partial charge in [0.05, 0.1) is 6.54 Å². The van der Waals surface area contributed by atoms with Crippen LogP contribution in [-0.4, -0.2) is 29.9 Å². The van der Waals surface area contributed by atoms with Gasteiger partial charge in [0.1, 0.15) is 0 Å². The lowest BCUT2D eigenvalue weighted by molar-refractivity contribution is 0.758. The molecule has 30 heavy (non-hydrogen) atoms. The lowest BCUT2D eigenvalue weighted by atomic mass is 10.1. The van der Waals surface area contributed by atoms with E-state index in [0.717, 1.165) is 34.4 Å². The number of guanidine groups is 1. The Kier molecular flexibility index (Phi) is 8.41. The number of aliphatic imine (C=N–C) groups is 1. The zero-order chi connectivity index (χ0) is 21.2. The van der Waals surface area contributed by atoms with Crippen molar-refractivity contribution in [2.75, 3.05) is 19.3 Å². The molecule has 0 aliphatic heterocycles. The maximum absolute atomic E-state index is 11.8. The zero-order valence-electron chi connectivity index (χ0n) is 16.8. The highest BCUT2D eigenvalue weighted by atomic mass is 35.5. The topological polar surface area (TPSA) is 58.4 Å². The van der Waals surface area contributed by atoms with Crippen LogP contribution in [-0.2, 0) is 13.1 Å². The standard InChI is InChI=1S/C23H25ClN4OS/c1-25-23(26-13-15-30-21-11-9-20(24)10-12-21)27-16-18-5-7-19(8-6-18)17-28-14-3-2-4-22(28)29/h2-12,14H,13,15-17H2,1H3,(H2,25,26,27). The van der Waals surface area contributed by atoms with E-state index in [1.807, 2.05) is 30.3 Å². The first-order valence-corrected chi connectivity index (χ1v) is 11.1. The third kappa shape index (κ3) is 6.97. The van der Waals surface area contributed by atoms with Gasteiger partial charge in [-0.15, -0.1) is 11.8 Å². The maximum atomic E-state index is 11.8. The van der Waals surface area contributed by atoms with Crippen LogP contribution in [0.15, 0.2) is 87.6 Å². The Labute approximate surface area is 186 Å². The SMILES string of the molecule is CN=C(NCCSc1ccc(Cl)cc1)NCc1ccc(Cn2ccccc2=O)cc1. The fourth-order valence-electron chi connectivity index (χ4n) is 2.83. The van der Waals surface area contributed by atoms with Crippen molar-refractivity contribution in [2.24, 2.45) is 4.99 Å². The van der Waals surface area contributed by atoms with Crippen molar-refractivity contribution in [2.45, 2.75) is 18.0 Å². The summed E-state index contributed by atoms with van der Waals surface area (Å²) in [4.78, 5) is 17.3. The van der Waals surface area contributed by atoms with Gasteiger partial charge >= 0.3 is 0 Å². The molecule has 0 unspecified atom stereocenters. The van der Waals surface area contributed by atoms with Crippen LogP contribution in [0.5, 0.6) is 0 Å². The van der Waals surface area contributed by atoms with Crippen LogP contribution >= 0.6 is 23.4 Å². The molecular weight excluding hydrogens is 416 g/mol. The summed E-state index contributed by atoms with van der Waals surface area (Å²) in [6.45, 7) is 2.05. The third-order valence-electron chi connectivity index (χ3n) is 4.44. The molecule has 156 valence electrons. The van der Waals surface area contributed by atoms with Gasteiger partial charge in [-0.3, -0.25) is 9.79 Å². The third-order valence-corrected chi connectivity index (χ3v) is 5.70. The fourth-order valence-corrected chi connectivity index (χ4v) is 3.72.